The summed E-state index contributed by atoms with van der Waals surface area (Å²) in [6.45, 7) is 9.01. The van der Waals surface area contributed by atoms with Crippen molar-refractivity contribution in [3.8, 4) is 11.4 Å². The first kappa shape index (κ1) is 26.5. The Kier molecular flexibility index (Phi) is 8.39. The molecule has 35 heavy (non-hydrogen) atoms. The molecule has 0 saturated carbocycles. The molecule has 0 bridgehead atoms. The van der Waals surface area contributed by atoms with Crippen molar-refractivity contribution in [1.29, 1.82) is 0 Å². The number of carbonyl (C=O) groups excluding carboxylic acids is 2. The van der Waals surface area contributed by atoms with Gasteiger partial charge in [0.25, 0.3) is 11.5 Å². The van der Waals surface area contributed by atoms with E-state index in [9.17, 15) is 18.3 Å². The van der Waals surface area contributed by atoms with Crippen molar-refractivity contribution in [1.82, 2.24) is 15.1 Å². The van der Waals surface area contributed by atoms with Crippen LogP contribution in [0.2, 0.25) is 0 Å². The molecule has 0 aliphatic carbocycles. The quantitative estimate of drug-likeness (QED) is 0.404. The number of benzene rings is 1. The van der Waals surface area contributed by atoms with E-state index >= 15 is 0 Å². The van der Waals surface area contributed by atoms with E-state index in [1.807, 2.05) is 13.8 Å². The Morgan fingerprint density at radius 2 is 1.91 bits per heavy atom. The van der Waals surface area contributed by atoms with E-state index in [2.05, 4.69) is 15.7 Å². The molecule has 0 spiro atoms. The minimum atomic E-state index is -0.728. The van der Waals surface area contributed by atoms with E-state index in [-0.39, 0.29) is 46.6 Å². The van der Waals surface area contributed by atoms with E-state index in [0.29, 0.717) is 16.8 Å². The van der Waals surface area contributed by atoms with Crippen LogP contribution in [0.15, 0.2) is 34.4 Å². The summed E-state index contributed by atoms with van der Waals surface area (Å²) in [4.78, 5) is 38.8. The average molecular weight is 523 g/mol. The smallest absolute Gasteiger partial charge is 0.412 e. The lowest BCUT2D eigenvalue weighted by molar-refractivity contribution is 0.0636. The van der Waals surface area contributed by atoms with Gasteiger partial charge in [0.05, 0.1) is 23.4 Å². The van der Waals surface area contributed by atoms with Crippen LogP contribution in [0.25, 0.3) is 16.5 Å². The predicted molar refractivity (Wildman–Crippen MR) is 137 cm³/mol. The lowest BCUT2D eigenvalue weighted by Crippen LogP contribution is -2.33. The van der Waals surface area contributed by atoms with Crippen LogP contribution in [0.1, 0.15) is 45.1 Å². The maximum Gasteiger partial charge on any atom is 0.412 e. The second kappa shape index (κ2) is 11.1. The fourth-order valence-electron chi connectivity index (χ4n) is 3.09. The number of nitrogens with one attached hydrogen (secondary N) is 2. The van der Waals surface area contributed by atoms with Crippen LogP contribution in [0.3, 0.4) is 0 Å². The number of halogens is 1. The Bertz CT molecular complexity index is 1270. The largest absolute Gasteiger partial charge is 0.493 e. The van der Waals surface area contributed by atoms with Gasteiger partial charge in [-0.2, -0.15) is 13.7 Å². The number of rotatable bonds is 8. The van der Waals surface area contributed by atoms with Crippen molar-refractivity contribution in [3.05, 3.63) is 45.7 Å². The van der Waals surface area contributed by atoms with Crippen LogP contribution in [-0.2, 0) is 4.74 Å². The lowest BCUT2D eigenvalue weighted by atomic mass is 10.2. The molecule has 2 heterocycles. The van der Waals surface area contributed by atoms with E-state index in [4.69, 9.17) is 9.47 Å². The maximum absolute atomic E-state index is 13.5. The van der Waals surface area contributed by atoms with E-state index < -0.39 is 23.2 Å². The van der Waals surface area contributed by atoms with Gasteiger partial charge < -0.3 is 14.8 Å². The van der Waals surface area contributed by atoms with Crippen LogP contribution >= 0.6 is 23.5 Å². The van der Waals surface area contributed by atoms with Crippen molar-refractivity contribution in [3.63, 3.8) is 0 Å². The third-order valence-electron chi connectivity index (χ3n) is 4.41. The molecular formula is C23H27FN4O5S2. The predicted octanol–water partition coefficient (Wildman–Crippen LogP) is 4.93. The van der Waals surface area contributed by atoms with Crippen molar-refractivity contribution >= 4 is 51.3 Å². The van der Waals surface area contributed by atoms with Crippen molar-refractivity contribution in [2.45, 2.75) is 46.3 Å². The zero-order chi connectivity index (χ0) is 25.8. The summed E-state index contributed by atoms with van der Waals surface area (Å²) < 4.78 is 24.1. The van der Waals surface area contributed by atoms with Gasteiger partial charge in [-0.05, 0) is 58.9 Å². The van der Waals surface area contributed by atoms with Gasteiger partial charge in [-0.15, -0.1) is 11.3 Å². The summed E-state index contributed by atoms with van der Waals surface area (Å²) in [7, 11) is 0. The number of aromatic nitrogens is 2. The van der Waals surface area contributed by atoms with Crippen molar-refractivity contribution < 1.29 is 22.9 Å². The second-order valence-corrected chi connectivity index (χ2v) is 10.3. The standard InChI is InChI=1S/C23H27FN4O5S2/c1-13(2)25-19(29)18-16-12-34-20(26-22(31)33-23(3,4)5)17(16)21(30)28(27-18)14-6-8-15(9-7-14)32-10-11-35-24/h6-9,12-13H,10-11H2,1-5H3,(H,25,29)(H,26,31). The minimum Gasteiger partial charge on any atom is -0.493 e. The highest BCUT2D eigenvalue weighted by atomic mass is 32.2. The molecule has 0 saturated heterocycles. The number of anilines is 1. The van der Waals surface area contributed by atoms with Crippen LogP contribution < -0.4 is 20.9 Å². The molecule has 0 aliphatic rings. The summed E-state index contributed by atoms with van der Waals surface area (Å²) in [5.74, 6) is 0.237. The zero-order valence-electron chi connectivity index (χ0n) is 20.0. The number of ether oxygens (including phenoxy) is 2. The van der Waals surface area contributed by atoms with Crippen LogP contribution in [-0.4, -0.2) is 45.8 Å². The molecule has 1 aromatic carbocycles. The molecule has 0 atom stereocenters. The average Bonchev–Trinajstić information content (AvgIpc) is 3.17. The van der Waals surface area contributed by atoms with Gasteiger partial charge in [-0.25, -0.2) is 4.79 Å². The lowest BCUT2D eigenvalue weighted by Gasteiger charge is -2.19. The molecular weight excluding hydrogens is 495 g/mol. The summed E-state index contributed by atoms with van der Waals surface area (Å²) in [6, 6.07) is 6.30. The van der Waals surface area contributed by atoms with E-state index in [1.54, 1.807) is 50.4 Å². The topological polar surface area (TPSA) is 112 Å². The summed E-state index contributed by atoms with van der Waals surface area (Å²) >= 11 is 1.29. The van der Waals surface area contributed by atoms with Gasteiger partial charge in [0.1, 0.15) is 16.4 Å². The van der Waals surface area contributed by atoms with E-state index in [0.717, 1.165) is 16.0 Å². The third kappa shape index (κ3) is 6.73. The summed E-state index contributed by atoms with van der Waals surface area (Å²) in [5, 5.41) is 12.1. The highest BCUT2D eigenvalue weighted by Gasteiger charge is 2.24. The fraction of sp³-hybridized carbons (Fsp3) is 0.391. The number of hydrogen-bond donors (Lipinski definition) is 2. The normalized spacial score (nSPS) is 11.5. The zero-order valence-corrected chi connectivity index (χ0v) is 21.6. The van der Waals surface area contributed by atoms with Crippen molar-refractivity contribution in [2.75, 3.05) is 17.7 Å². The molecule has 2 amide bonds. The Morgan fingerprint density at radius 3 is 2.51 bits per heavy atom. The van der Waals surface area contributed by atoms with Crippen molar-refractivity contribution in [2.24, 2.45) is 0 Å². The first-order valence-corrected chi connectivity index (χ1v) is 12.6. The minimum absolute atomic E-state index is 0.0436. The molecule has 9 nitrogen and oxygen atoms in total. The summed E-state index contributed by atoms with van der Waals surface area (Å²) in [5.41, 5.74) is -0.816. The number of nitrogens with zero attached hydrogens (tertiary/aromatic N) is 2. The number of carbonyl (C=O) groups is 2. The highest BCUT2D eigenvalue weighted by Crippen LogP contribution is 2.31. The number of fused-ring (bicyclic) bond motifs is 1. The number of amides is 2. The van der Waals surface area contributed by atoms with Crippen LogP contribution in [0.5, 0.6) is 5.75 Å². The van der Waals surface area contributed by atoms with Gasteiger partial charge in [0.15, 0.2) is 5.69 Å². The van der Waals surface area contributed by atoms with Gasteiger partial charge in [-0.1, -0.05) is 0 Å². The molecule has 12 heteroatoms. The summed E-state index contributed by atoms with van der Waals surface area (Å²) in [6.07, 6.45) is -0.717. The molecule has 3 rings (SSSR count). The van der Waals surface area contributed by atoms with Gasteiger partial charge >= 0.3 is 6.09 Å². The molecule has 0 fully saturated rings. The SMILES string of the molecule is CC(C)NC(=O)c1nn(-c2ccc(OCCSF)cc2)c(=O)c2c(NC(=O)OC(C)(C)C)scc12. The molecule has 2 aromatic heterocycles. The molecule has 0 aliphatic heterocycles. The first-order chi connectivity index (χ1) is 16.5. The maximum atomic E-state index is 13.5. The number of thiophene rings is 1. The van der Waals surface area contributed by atoms with Gasteiger partial charge in [0.2, 0.25) is 0 Å². The van der Waals surface area contributed by atoms with Crippen LogP contribution in [0.4, 0.5) is 13.7 Å². The number of hydrogen-bond acceptors (Lipinski definition) is 8. The molecule has 0 radical (unpaired) electrons. The molecule has 3 aromatic rings. The molecule has 188 valence electrons. The Morgan fingerprint density at radius 1 is 1.23 bits per heavy atom. The van der Waals surface area contributed by atoms with Crippen LogP contribution in [0, 0.1) is 0 Å². The van der Waals surface area contributed by atoms with Gasteiger partial charge in [0, 0.05) is 29.0 Å². The monoisotopic (exact) mass is 522 g/mol. The highest BCUT2D eigenvalue weighted by molar-refractivity contribution is 7.94. The fourth-order valence-corrected chi connectivity index (χ4v) is 4.15. The third-order valence-corrected chi connectivity index (χ3v) is 5.63. The Labute approximate surface area is 210 Å². The van der Waals surface area contributed by atoms with E-state index in [1.165, 1.54) is 0 Å². The molecule has 2 N–H and O–H groups in total. The first-order valence-electron chi connectivity index (χ1n) is 10.8. The second-order valence-electron chi connectivity index (χ2n) is 8.83. The van der Waals surface area contributed by atoms with Gasteiger partial charge in [-0.3, -0.25) is 14.9 Å². The molecule has 0 unspecified atom stereocenters. The Hall–Kier alpha value is -3.12. The Balaban J connectivity index is 2.09.